The van der Waals surface area contributed by atoms with Crippen molar-refractivity contribution in [2.75, 3.05) is 11.9 Å². The van der Waals surface area contributed by atoms with E-state index in [0.717, 1.165) is 9.26 Å². The topological polar surface area (TPSA) is 84.2 Å². The van der Waals surface area contributed by atoms with Gasteiger partial charge in [-0.2, -0.15) is 0 Å². The highest BCUT2D eigenvalue weighted by molar-refractivity contribution is 14.1. The van der Waals surface area contributed by atoms with Crippen molar-refractivity contribution in [1.82, 2.24) is 5.32 Å². The normalized spacial score (nSPS) is 9.40. The number of nitrogens with one attached hydrogen (secondary N) is 2. The van der Waals surface area contributed by atoms with Gasteiger partial charge in [0, 0.05) is 9.26 Å². The van der Waals surface area contributed by atoms with Crippen LogP contribution in [0.15, 0.2) is 24.3 Å². The van der Waals surface area contributed by atoms with Crippen molar-refractivity contribution in [3.8, 4) is 0 Å². The Balaban J connectivity index is 2.47. The summed E-state index contributed by atoms with van der Waals surface area (Å²) in [4.78, 5) is 21.4. The molecule has 0 aromatic heterocycles. The fourth-order valence-corrected chi connectivity index (χ4v) is 1.54. The Labute approximate surface area is 101 Å². The van der Waals surface area contributed by atoms with Gasteiger partial charge >= 0.3 is 6.03 Å². The van der Waals surface area contributed by atoms with E-state index in [0.29, 0.717) is 0 Å². The van der Waals surface area contributed by atoms with Crippen molar-refractivity contribution in [2.24, 2.45) is 5.73 Å². The molecule has 0 aliphatic heterocycles. The Kier molecular flexibility index (Phi) is 4.35. The summed E-state index contributed by atoms with van der Waals surface area (Å²) in [6, 6.07) is 6.67. The predicted octanol–water partition coefficient (Wildman–Crippen LogP) is 0.898. The first-order chi connectivity index (χ1) is 7.09. The Morgan fingerprint density at radius 1 is 1.33 bits per heavy atom. The lowest BCUT2D eigenvalue weighted by Crippen LogP contribution is -2.38. The summed E-state index contributed by atoms with van der Waals surface area (Å²) in [7, 11) is 0. The van der Waals surface area contributed by atoms with Crippen molar-refractivity contribution in [2.45, 2.75) is 0 Å². The monoisotopic (exact) mass is 319 g/mol. The molecule has 0 saturated heterocycles. The molecule has 80 valence electrons. The number of primary amides is 1. The van der Waals surface area contributed by atoms with Crippen molar-refractivity contribution in [3.05, 3.63) is 27.8 Å². The molecule has 1 aromatic carbocycles. The van der Waals surface area contributed by atoms with E-state index in [1.165, 1.54) is 0 Å². The van der Waals surface area contributed by atoms with Gasteiger partial charge in [-0.1, -0.05) is 12.1 Å². The first kappa shape index (κ1) is 11.8. The van der Waals surface area contributed by atoms with Crippen LogP contribution in [0.5, 0.6) is 0 Å². The summed E-state index contributed by atoms with van der Waals surface area (Å²) in [5.74, 6) is -0.456. The number of hydrogen-bond donors (Lipinski definition) is 3. The van der Waals surface area contributed by atoms with Crippen LogP contribution in [-0.2, 0) is 4.79 Å². The first-order valence-corrected chi connectivity index (χ1v) is 5.25. The molecule has 4 N–H and O–H groups in total. The average Bonchev–Trinajstić information content (AvgIpc) is 2.15. The van der Waals surface area contributed by atoms with Crippen molar-refractivity contribution >= 4 is 40.2 Å². The van der Waals surface area contributed by atoms with Gasteiger partial charge < -0.3 is 11.1 Å². The van der Waals surface area contributed by atoms with Crippen LogP contribution >= 0.6 is 22.6 Å². The molecule has 0 spiro atoms. The highest BCUT2D eigenvalue weighted by Crippen LogP contribution is 2.16. The van der Waals surface area contributed by atoms with Crippen LogP contribution in [0.2, 0.25) is 0 Å². The second-order valence-electron chi connectivity index (χ2n) is 2.75. The number of halogens is 1. The zero-order chi connectivity index (χ0) is 11.3. The van der Waals surface area contributed by atoms with Gasteiger partial charge in [0.25, 0.3) is 0 Å². The summed E-state index contributed by atoms with van der Waals surface area (Å²) in [5.41, 5.74) is 5.64. The number of benzene rings is 1. The molecule has 0 fully saturated rings. The van der Waals surface area contributed by atoms with Gasteiger partial charge in [-0.05, 0) is 34.7 Å². The minimum Gasteiger partial charge on any atom is -0.375 e. The van der Waals surface area contributed by atoms with Gasteiger partial charge in [0.2, 0.25) is 5.91 Å². The number of para-hydroxylation sites is 1. The molecule has 0 aliphatic carbocycles. The highest BCUT2D eigenvalue weighted by Gasteiger charge is 2.04. The smallest absolute Gasteiger partial charge is 0.318 e. The highest BCUT2D eigenvalue weighted by atomic mass is 127. The lowest BCUT2D eigenvalue weighted by Gasteiger charge is -2.07. The Morgan fingerprint density at radius 2 is 2.00 bits per heavy atom. The van der Waals surface area contributed by atoms with Crippen LogP contribution < -0.4 is 16.4 Å². The molecule has 0 bridgehead atoms. The zero-order valence-corrected chi connectivity index (χ0v) is 9.95. The second kappa shape index (κ2) is 5.54. The van der Waals surface area contributed by atoms with Crippen molar-refractivity contribution < 1.29 is 9.59 Å². The minimum atomic E-state index is -0.843. The summed E-state index contributed by atoms with van der Waals surface area (Å²) >= 11 is 2.15. The van der Waals surface area contributed by atoms with Crippen LogP contribution in [-0.4, -0.2) is 18.5 Å². The van der Waals surface area contributed by atoms with E-state index in [2.05, 4.69) is 27.9 Å². The molecular formula is C9H10IN3O2. The summed E-state index contributed by atoms with van der Waals surface area (Å²) in [6.45, 7) is 0.0168. The van der Waals surface area contributed by atoms with E-state index in [-0.39, 0.29) is 6.54 Å². The predicted molar refractivity (Wildman–Crippen MR) is 65.4 cm³/mol. The number of amides is 3. The van der Waals surface area contributed by atoms with Gasteiger partial charge in [0.15, 0.2) is 0 Å². The number of nitrogens with two attached hydrogens (primary N) is 1. The van der Waals surface area contributed by atoms with E-state index >= 15 is 0 Å². The molecule has 1 rings (SSSR count). The number of urea groups is 1. The third-order valence-corrected chi connectivity index (χ3v) is 2.52. The van der Waals surface area contributed by atoms with Crippen LogP contribution in [0.25, 0.3) is 0 Å². The summed E-state index contributed by atoms with van der Waals surface area (Å²) in [5, 5.41) is 4.86. The zero-order valence-electron chi connectivity index (χ0n) is 7.79. The molecule has 0 radical (unpaired) electrons. The van der Waals surface area contributed by atoms with Gasteiger partial charge in [0.05, 0.1) is 6.54 Å². The van der Waals surface area contributed by atoms with E-state index in [9.17, 15) is 9.59 Å². The number of carbonyl (C=O) groups is 2. The van der Waals surface area contributed by atoms with Gasteiger partial charge in [0.1, 0.15) is 0 Å². The largest absolute Gasteiger partial charge is 0.375 e. The molecule has 6 heteroatoms. The number of rotatable bonds is 3. The molecule has 0 heterocycles. The fraction of sp³-hybridized carbons (Fsp3) is 0.111. The number of anilines is 1. The Morgan fingerprint density at radius 3 is 2.60 bits per heavy atom. The summed E-state index contributed by atoms with van der Waals surface area (Å²) in [6.07, 6.45) is 0. The number of imide groups is 1. The third-order valence-electron chi connectivity index (χ3n) is 1.58. The molecule has 0 aliphatic rings. The quantitative estimate of drug-likeness (QED) is 0.724. The average molecular weight is 319 g/mol. The lowest BCUT2D eigenvalue weighted by molar-refractivity contribution is -0.118. The molecule has 3 amide bonds. The Hall–Kier alpha value is -1.31. The maximum atomic E-state index is 11.1. The molecular weight excluding hydrogens is 309 g/mol. The number of hydrogen-bond acceptors (Lipinski definition) is 3. The van der Waals surface area contributed by atoms with Crippen molar-refractivity contribution in [3.63, 3.8) is 0 Å². The molecule has 0 atom stereocenters. The molecule has 5 nitrogen and oxygen atoms in total. The molecule has 0 unspecified atom stereocenters. The minimum absolute atomic E-state index is 0.0168. The molecule has 0 saturated carbocycles. The number of carbonyl (C=O) groups excluding carboxylic acids is 2. The first-order valence-electron chi connectivity index (χ1n) is 4.17. The van der Waals surface area contributed by atoms with Crippen LogP contribution in [0.1, 0.15) is 0 Å². The standard InChI is InChI=1S/C9H10IN3O2/c10-6-3-1-2-4-7(6)12-5-8(14)13-9(11)15/h1-4,12H,5H2,(H3,11,13,14,15). The SMILES string of the molecule is NC(=O)NC(=O)CNc1ccccc1I. The lowest BCUT2D eigenvalue weighted by atomic mass is 10.3. The van der Waals surface area contributed by atoms with E-state index < -0.39 is 11.9 Å². The fourth-order valence-electron chi connectivity index (χ4n) is 0.962. The maximum Gasteiger partial charge on any atom is 0.318 e. The Bertz CT molecular complexity index is 381. The maximum absolute atomic E-state index is 11.1. The summed E-state index contributed by atoms with van der Waals surface area (Å²) < 4.78 is 1.00. The van der Waals surface area contributed by atoms with E-state index in [1.807, 2.05) is 29.6 Å². The molecule has 1 aromatic rings. The second-order valence-corrected chi connectivity index (χ2v) is 3.91. The van der Waals surface area contributed by atoms with Gasteiger partial charge in [-0.25, -0.2) is 4.79 Å². The van der Waals surface area contributed by atoms with Crippen LogP contribution in [0, 0.1) is 3.57 Å². The van der Waals surface area contributed by atoms with Crippen LogP contribution in [0.4, 0.5) is 10.5 Å². The third kappa shape index (κ3) is 4.15. The van der Waals surface area contributed by atoms with Gasteiger partial charge in [-0.15, -0.1) is 0 Å². The molecule has 15 heavy (non-hydrogen) atoms. The van der Waals surface area contributed by atoms with Gasteiger partial charge in [-0.3, -0.25) is 10.1 Å². The van der Waals surface area contributed by atoms with Crippen molar-refractivity contribution in [1.29, 1.82) is 0 Å². The van der Waals surface area contributed by atoms with Crippen LogP contribution in [0.3, 0.4) is 0 Å². The van der Waals surface area contributed by atoms with E-state index in [4.69, 9.17) is 5.73 Å². The van der Waals surface area contributed by atoms with E-state index in [1.54, 1.807) is 0 Å².